The normalized spacial score (nSPS) is 25.2. The van der Waals surface area contributed by atoms with Crippen LogP contribution in [0, 0.1) is 11.7 Å². The summed E-state index contributed by atoms with van der Waals surface area (Å²) in [6.07, 6.45) is 6.73. The van der Waals surface area contributed by atoms with Crippen molar-refractivity contribution in [3.05, 3.63) is 29.6 Å². The molecule has 0 radical (unpaired) electrons. The fraction of sp³-hybridized carbons (Fsp3) is 0.571. The Morgan fingerprint density at radius 3 is 2.75 bits per heavy atom. The minimum Gasteiger partial charge on any atom is -0.384 e. The average molecular weight is 219 g/mol. The molecule has 1 nitrogen and oxygen atoms in total. The lowest BCUT2D eigenvalue weighted by Gasteiger charge is -2.27. The van der Waals surface area contributed by atoms with Gasteiger partial charge >= 0.3 is 0 Å². The molecule has 16 heavy (non-hydrogen) atoms. The van der Waals surface area contributed by atoms with E-state index in [1.54, 1.807) is 12.1 Å². The summed E-state index contributed by atoms with van der Waals surface area (Å²) in [4.78, 5) is 0. The van der Waals surface area contributed by atoms with Crippen LogP contribution in [-0.2, 0) is 0 Å². The van der Waals surface area contributed by atoms with E-state index in [9.17, 15) is 4.39 Å². The van der Waals surface area contributed by atoms with Gasteiger partial charge in [-0.05, 0) is 42.5 Å². The van der Waals surface area contributed by atoms with Crippen molar-refractivity contribution in [3.63, 3.8) is 0 Å². The number of nitrogens with one attached hydrogen (secondary N) is 1. The SMILES string of the molecule is Fc1ccc2c(c1)C(C1CCCCC1)CN2. The van der Waals surface area contributed by atoms with Crippen molar-refractivity contribution in [2.75, 3.05) is 11.9 Å². The summed E-state index contributed by atoms with van der Waals surface area (Å²) in [6, 6.07) is 5.16. The molecule has 1 aromatic carbocycles. The molecule has 1 heterocycles. The Hall–Kier alpha value is -1.05. The Labute approximate surface area is 96.1 Å². The van der Waals surface area contributed by atoms with E-state index in [1.165, 1.54) is 37.7 Å². The standard InChI is InChI=1S/C14H18FN/c15-11-6-7-14-12(8-11)13(9-16-14)10-4-2-1-3-5-10/h6-8,10,13,16H,1-5,9H2. The van der Waals surface area contributed by atoms with Gasteiger partial charge in [0.1, 0.15) is 5.82 Å². The van der Waals surface area contributed by atoms with Crippen LogP contribution in [0.5, 0.6) is 0 Å². The molecule has 0 aromatic heterocycles. The molecule has 0 bridgehead atoms. The zero-order valence-corrected chi connectivity index (χ0v) is 9.51. The van der Waals surface area contributed by atoms with E-state index in [1.807, 2.05) is 6.07 Å². The van der Waals surface area contributed by atoms with Crippen LogP contribution < -0.4 is 5.32 Å². The van der Waals surface area contributed by atoms with Gasteiger partial charge in [0.25, 0.3) is 0 Å². The molecule has 0 amide bonds. The Morgan fingerprint density at radius 1 is 1.12 bits per heavy atom. The maximum atomic E-state index is 13.3. The fourth-order valence-electron chi connectivity index (χ4n) is 3.29. The molecule has 1 N–H and O–H groups in total. The molecule has 3 rings (SSSR count). The number of fused-ring (bicyclic) bond motifs is 1. The molecule has 1 fully saturated rings. The van der Waals surface area contributed by atoms with Crippen LogP contribution in [0.3, 0.4) is 0 Å². The van der Waals surface area contributed by atoms with Gasteiger partial charge in [0.05, 0.1) is 0 Å². The lowest BCUT2D eigenvalue weighted by atomic mass is 9.78. The van der Waals surface area contributed by atoms with Crippen molar-refractivity contribution in [1.29, 1.82) is 0 Å². The molecular weight excluding hydrogens is 201 g/mol. The van der Waals surface area contributed by atoms with Gasteiger partial charge in [-0.25, -0.2) is 4.39 Å². The van der Waals surface area contributed by atoms with E-state index in [0.717, 1.165) is 18.2 Å². The summed E-state index contributed by atoms with van der Waals surface area (Å²) < 4.78 is 13.3. The van der Waals surface area contributed by atoms with Gasteiger partial charge in [0, 0.05) is 18.2 Å². The quantitative estimate of drug-likeness (QED) is 0.755. The van der Waals surface area contributed by atoms with E-state index in [2.05, 4.69) is 5.32 Å². The second-order valence-corrected chi connectivity index (χ2v) is 5.12. The van der Waals surface area contributed by atoms with E-state index in [4.69, 9.17) is 0 Å². The van der Waals surface area contributed by atoms with Gasteiger partial charge in [-0.1, -0.05) is 19.3 Å². The molecule has 1 aromatic rings. The first-order valence-corrected chi connectivity index (χ1v) is 6.38. The third-order valence-electron chi connectivity index (χ3n) is 4.14. The van der Waals surface area contributed by atoms with Crippen molar-refractivity contribution in [1.82, 2.24) is 0 Å². The number of benzene rings is 1. The molecule has 2 aliphatic rings. The Kier molecular flexibility index (Phi) is 2.58. The maximum Gasteiger partial charge on any atom is 0.123 e. The molecule has 1 aliphatic carbocycles. The Morgan fingerprint density at radius 2 is 1.94 bits per heavy atom. The largest absolute Gasteiger partial charge is 0.384 e. The second-order valence-electron chi connectivity index (χ2n) is 5.12. The highest BCUT2D eigenvalue weighted by Gasteiger charge is 2.30. The van der Waals surface area contributed by atoms with Crippen LogP contribution >= 0.6 is 0 Å². The van der Waals surface area contributed by atoms with Gasteiger partial charge in [0.2, 0.25) is 0 Å². The van der Waals surface area contributed by atoms with Crippen LogP contribution in [-0.4, -0.2) is 6.54 Å². The summed E-state index contributed by atoms with van der Waals surface area (Å²) in [6.45, 7) is 1.00. The summed E-state index contributed by atoms with van der Waals surface area (Å²) in [7, 11) is 0. The zero-order chi connectivity index (χ0) is 11.0. The third kappa shape index (κ3) is 1.70. The van der Waals surface area contributed by atoms with Gasteiger partial charge in [-0.3, -0.25) is 0 Å². The molecular formula is C14H18FN. The number of rotatable bonds is 1. The van der Waals surface area contributed by atoms with Crippen LogP contribution in [0.4, 0.5) is 10.1 Å². The molecule has 1 unspecified atom stereocenters. The van der Waals surface area contributed by atoms with Crippen LogP contribution in [0.25, 0.3) is 0 Å². The molecule has 86 valence electrons. The van der Waals surface area contributed by atoms with Crippen molar-refractivity contribution < 1.29 is 4.39 Å². The van der Waals surface area contributed by atoms with Crippen LogP contribution in [0.15, 0.2) is 18.2 Å². The predicted molar refractivity (Wildman–Crippen MR) is 64.2 cm³/mol. The highest BCUT2D eigenvalue weighted by molar-refractivity contribution is 5.58. The molecule has 2 heteroatoms. The van der Waals surface area contributed by atoms with Crippen molar-refractivity contribution >= 4 is 5.69 Å². The second kappa shape index (κ2) is 4.08. The lowest BCUT2D eigenvalue weighted by molar-refractivity contribution is 0.315. The first-order chi connectivity index (χ1) is 7.84. The van der Waals surface area contributed by atoms with E-state index in [0.29, 0.717) is 5.92 Å². The van der Waals surface area contributed by atoms with E-state index >= 15 is 0 Å². The number of anilines is 1. The van der Waals surface area contributed by atoms with E-state index < -0.39 is 0 Å². The molecule has 1 aliphatic heterocycles. The zero-order valence-electron chi connectivity index (χ0n) is 9.51. The minimum atomic E-state index is -0.0942. The molecule has 0 spiro atoms. The predicted octanol–water partition coefficient (Wildman–Crippen LogP) is 3.92. The third-order valence-corrected chi connectivity index (χ3v) is 4.14. The van der Waals surface area contributed by atoms with Crippen molar-refractivity contribution in [2.45, 2.75) is 38.0 Å². The summed E-state index contributed by atoms with van der Waals surface area (Å²) in [5.41, 5.74) is 2.36. The van der Waals surface area contributed by atoms with Gasteiger partial charge in [-0.15, -0.1) is 0 Å². The van der Waals surface area contributed by atoms with Crippen molar-refractivity contribution in [3.8, 4) is 0 Å². The Bertz CT molecular complexity index is 382. The topological polar surface area (TPSA) is 12.0 Å². The summed E-state index contributed by atoms with van der Waals surface area (Å²) >= 11 is 0. The fourth-order valence-corrected chi connectivity index (χ4v) is 3.29. The van der Waals surface area contributed by atoms with Gasteiger partial charge in [0.15, 0.2) is 0 Å². The van der Waals surface area contributed by atoms with Gasteiger partial charge in [-0.2, -0.15) is 0 Å². The van der Waals surface area contributed by atoms with Crippen LogP contribution in [0.1, 0.15) is 43.6 Å². The smallest absolute Gasteiger partial charge is 0.123 e. The summed E-state index contributed by atoms with van der Waals surface area (Å²) in [5.74, 6) is 1.22. The molecule has 0 saturated heterocycles. The minimum absolute atomic E-state index is 0.0942. The lowest BCUT2D eigenvalue weighted by Crippen LogP contribution is -2.17. The summed E-state index contributed by atoms with van der Waals surface area (Å²) in [5, 5.41) is 3.41. The number of halogens is 1. The molecule has 1 atom stereocenters. The number of hydrogen-bond donors (Lipinski definition) is 1. The monoisotopic (exact) mass is 219 g/mol. The maximum absolute atomic E-state index is 13.3. The average Bonchev–Trinajstić information content (AvgIpc) is 2.73. The highest BCUT2D eigenvalue weighted by Crippen LogP contribution is 2.42. The molecule has 1 saturated carbocycles. The van der Waals surface area contributed by atoms with Gasteiger partial charge < -0.3 is 5.32 Å². The van der Waals surface area contributed by atoms with E-state index in [-0.39, 0.29) is 5.82 Å². The highest BCUT2D eigenvalue weighted by atomic mass is 19.1. The first kappa shape index (κ1) is 10.1. The Balaban J connectivity index is 1.86. The first-order valence-electron chi connectivity index (χ1n) is 6.38. The van der Waals surface area contributed by atoms with Crippen LogP contribution in [0.2, 0.25) is 0 Å². The number of hydrogen-bond acceptors (Lipinski definition) is 1. The van der Waals surface area contributed by atoms with Crippen molar-refractivity contribution in [2.24, 2.45) is 5.92 Å².